The van der Waals surface area contributed by atoms with Crippen molar-refractivity contribution in [2.45, 2.75) is 64.5 Å². The van der Waals surface area contributed by atoms with Gasteiger partial charge in [-0.15, -0.1) is 0 Å². The van der Waals surface area contributed by atoms with Crippen molar-refractivity contribution in [2.75, 3.05) is 52.9 Å². The molecule has 0 aliphatic carbocycles. The number of rotatable bonds is 6. The van der Waals surface area contributed by atoms with Crippen LogP contribution in [0.15, 0.2) is 24.3 Å². The van der Waals surface area contributed by atoms with Gasteiger partial charge in [0.1, 0.15) is 6.04 Å². The second kappa shape index (κ2) is 11.4. The molecule has 3 fully saturated rings. The number of hydrogen-bond acceptors (Lipinski definition) is 5. The van der Waals surface area contributed by atoms with E-state index in [-0.39, 0.29) is 47.5 Å². The number of likely N-dealkylation sites (N-methyl/N-ethyl adjacent to an activating group) is 1. The highest BCUT2D eigenvalue weighted by Crippen LogP contribution is 2.31. The normalized spacial score (nSPS) is 23.0. The Labute approximate surface area is 226 Å². The Morgan fingerprint density at radius 3 is 2.29 bits per heavy atom. The Balaban J connectivity index is 1.24. The maximum absolute atomic E-state index is 13.2. The van der Waals surface area contributed by atoms with E-state index in [0.29, 0.717) is 51.0 Å². The Hall–Kier alpha value is -2.94. The summed E-state index contributed by atoms with van der Waals surface area (Å²) in [5.74, 6) is -0.144. The van der Waals surface area contributed by atoms with E-state index in [9.17, 15) is 19.2 Å². The van der Waals surface area contributed by atoms with Gasteiger partial charge in [-0.05, 0) is 48.9 Å². The molecule has 3 heterocycles. The molecule has 208 valence electrons. The van der Waals surface area contributed by atoms with Crippen molar-refractivity contribution in [3.63, 3.8) is 0 Å². The van der Waals surface area contributed by atoms with E-state index < -0.39 is 6.04 Å². The highest BCUT2D eigenvalue weighted by atomic mass is 16.2. The molecule has 4 amide bonds. The zero-order valence-corrected chi connectivity index (χ0v) is 23.5. The molecule has 0 radical (unpaired) electrons. The molecule has 0 spiro atoms. The predicted octanol–water partition coefficient (Wildman–Crippen LogP) is 2.35. The van der Waals surface area contributed by atoms with Crippen molar-refractivity contribution in [2.24, 2.45) is 5.92 Å². The minimum Gasteiger partial charge on any atom is -0.352 e. The van der Waals surface area contributed by atoms with Crippen molar-refractivity contribution in [3.05, 3.63) is 35.4 Å². The first-order valence-electron chi connectivity index (χ1n) is 13.9. The van der Waals surface area contributed by atoms with Gasteiger partial charge in [0.05, 0.1) is 12.6 Å². The summed E-state index contributed by atoms with van der Waals surface area (Å²) in [7, 11) is 2.04. The van der Waals surface area contributed by atoms with Crippen LogP contribution in [0.1, 0.15) is 62.9 Å². The van der Waals surface area contributed by atoms with E-state index in [4.69, 9.17) is 0 Å². The van der Waals surface area contributed by atoms with Crippen molar-refractivity contribution in [3.8, 4) is 0 Å². The van der Waals surface area contributed by atoms with Gasteiger partial charge < -0.3 is 24.9 Å². The average Bonchev–Trinajstić information content (AvgIpc) is 3.45. The van der Waals surface area contributed by atoms with Crippen LogP contribution in [0.3, 0.4) is 0 Å². The van der Waals surface area contributed by atoms with Crippen LogP contribution in [-0.2, 0) is 15.0 Å². The lowest BCUT2D eigenvalue weighted by atomic mass is 9.87. The van der Waals surface area contributed by atoms with E-state index in [0.717, 1.165) is 13.1 Å². The van der Waals surface area contributed by atoms with Crippen LogP contribution in [0.25, 0.3) is 0 Å². The van der Waals surface area contributed by atoms with Gasteiger partial charge in [-0.2, -0.15) is 0 Å². The van der Waals surface area contributed by atoms with Crippen molar-refractivity contribution in [1.29, 1.82) is 0 Å². The molecule has 0 aromatic heterocycles. The molecule has 9 heteroatoms. The Morgan fingerprint density at radius 2 is 1.66 bits per heavy atom. The van der Waals surface area contributed by atoms with Crippen molar-refractivity contribution in [1.82, 2.24) is 24.9 Å². The maximum Gasteiger partial charge on any atom is 0.320 e. The number of ketones is 1. The lowest BCUT2D eigenvalue weighted by Crippen LogP contribution is -2.53. The molecule has 3 aliphatic rings. The van der Waals surface area contributed by atoms with Crippen molar-refractivity contribution < 1.29 is 19.2 Å². The SMILES string of the molecule is CC(CCNC(=O)c1ccc(C(C)(C)C)cc1)CC(=O)N1CCC2C1C(=O)CN2C(=O)N1CCN(C)CC1. The van der Waals surface area contributed by atoms with Crippen molar-refractivity contribution >= 4 is 23.6 Å². The van der Waals surface area contributed by atoms with Gasteiger partial charge in [0.25, 0.3) is 5.91 Å². The average molecular weight is 526 g/mol. The highest BCUT2D eigenvalue weighted by Gasteiger charge is 2.52. The van der Waals surface area contributed by atoms with E-state index in [1.165, 1.54) is 5.56 Å². The number of amides is 4. The predicted molar refractivity (Wildman–Crippen MR) is 146 cm³/mol. The van der Waals surface area contributed by atoms with Crippen LogP contribution < -0.4 is 5.32 Å². The van der Waals surface area contributed by atoms with Crippen LogP contribution in [0, 0.1) is 5.92 Å². The number of benzene rings is 1. The smallest absolute Gasteiger partial charge is 0.320 e. The summed E-state index contributed by atoms with van der Waals surface area (Å²) in [5.41, 5.74) is 1.84. The molecule has 0 saturated carbocycles. The molecule has 38 heavy (non-hydrogen) atoms. The van der Waals surface area contributed by atoms with Gasteiger partial charge >= 0.3 is 6.03 Å². The fraction of sp³-hybridized carbons (Fsp3) is 0.655. The molecule has 3 aliphatic heterocycles. The number of Topliss-reactive ketones (excluding diaryl/α,β-unsaturated/α-hetero) is 1. The summed E-state index contributed by atoms with van der Waals surface area (Å²) in [6.07, 6.45) is 1.63. The first-order valence-corrected chi connectivity index (χ1v) is 13.9. The molecular formula is C29H43N5O4. The van der Waals surface area contributed by atoms with Gasteiger partial charge in [0.2, 0.25) is 5.91 Å². The molecule has 3 saturated heterocycles. The second-order valence-corrected chi connectivity index (χ2v) is 12.2. The topological polar surface area (TPSA) is 93.3 Å². The third kappa shape index (κ3) is 6.20. The third-order valence-electron chi connectivity index (χ3n) is 8.22. The standard InChI is InChI=1S/C29H43N5O4/c1-20(10-12-30-27(37)21-6-8-22(9-7-21)29(2,3)4)18-25(36)33-13-11-23-26(33)24(35)19-34(23)28(38)32-16-14-31(5)15-17-32/h6-9,20,23,26H,10-19H2,1-5H3,(H,30,37). The zero-order chi connectivity index (χ0) is 27.6. The van der Waals surface area contributed by atoms with Crippen LogP contribution >= 0.6 is 0 Å². The summed E-state index contributed by atoms with van der Waals surface area (Å²) in [4.78, 5) is 59.1. The van der Waals surface area contributed by atoms with E-state index >= 15 is 0 Å². The lowest BCUT2D eigenvalue weighted by molar-refractivity contribution is -0.137. The summed E-state index contributed by atoms with van der Waals surface area (Å²) in [5, 5.41) is 2.96. The fourth-order valence-corrected chi connectivity index (χ4v) is 5.71. The Morgan fingerprint density at radius 1 is 1.00 bits per heavy atom. The number of piperazine rings is 1. The number of nitrogens with zero attached hydrogens (tertiary/aromatic N) is 4. The largest absolute Gasteiger partial charge is 0.352 e. The van der Waals surface area contributed by atoms with E-state index in [1.807, 2.05) is 43.1 Å². The third-order valence-corrected chi connectivity index (χ3v) is 8.22. The molecular weight excluding hydrogens is 482 g/mol. The second-order valence-electron chi connectivity index (χ2n) is 12.2. The van der Waals surface area contributed by atoms with E-state index in [1.54, 1.807) is 9.80 Å². The molecule has 1 aromatic rings. The number of carbonyl (C=O) groups is 4. The number of nitrogens with one attached hydrogen (secondary N) is 1. The van der Waals surface area contributed by atoms with Gasteiger partial charge in [0, 0.05) is 51.3 Å². The van der Waals surface area contributed by atoms with Gasteiger partial charge in [-0.25, -0.2) is 4.79 Å². The molecule has 3 atom stereocenters. The first kappa shape index (κ1) is 28.1. The lowest BCUT2D eigenvalue weighted by Gasteiger charge is -2.36. The minimum absolute atomic E-state index is 0.0356. The number of hydrogen-bond donors (Lipinski definition) is 1. The number of urea groups is 1. The number of fused-ring (bicyclic) bond motifs is 1. The van der Waals surface area contributed by atoms with Crippen LogP contribution in [0.4, 0.5) is 4.79 Å². The van der Waals surface area contributed by atoms with Gasteiger partial charge in [0.15, 0.2) is 5.78 Å². The van der Waals surface area contributed by atoms with Gasteiger partial charge in [-0.3, -0.25) is 14.4 Å². The van der Waals surface area contributed by atoms with Crippen LogP contribution in [-0.4, -0.2) is 108 Å². The Bertz CT molecular complexity index is 1040. The van der Waals surface area contributed by atoms with Gasteiger partial charge in [-0.1, -0.05) is 39.8 Å². The monoisotopic (exact) mass is 525 g/mol. The van der Waals surface area contributed by atoms with Crippen LogP contribution in [0.2, 0.25) is 0 Å². The maximum atomic E-state index is 13.2. The summed E-state index contributed by atoms with van der Waals surface area (Å²) in [6, 6.07) is 6.85. The number of likely N-dealkylation sites (tertiary alicyclic amines) is 2. The quantitative estimate of drug-likeness (QED) is 0.616. The first-order chi connectivity index (χ1) is 18.0. The molecule has 1 aromatic carbocycles. The minimum atomic E-state index is -0.526. The molecule has 9 nitrogen and oxygen atoms in total. The number of carbonyl (C=O) groups excluding carboxylic acids is 4. The zero-order valence-electron chi connectivity index (χ0n) is 23.5. The molecule has 4 rings (SSSR count). The molecule has 1 N–H and O–H groups in total. The summed E-state index contributed by atoms with van der Waals surface area (Å²) < 4.78 is 0. The highest BCUT2D eigenvalue weighted by molar-refractivity contribution is 5.97. The molecule has 0 bridgehead atoms. The summed E-state index contributed by atoms with van der Waals surface area (Å²) in [6.45, 7) is 12.5. The fourth-order valence-electron chi connectivity index (χ4n) is 5.71. The van der Waals surface area contributed by atoms with E-state index in [2.05, 4.69) is 31.0 Å². The Kier molecular flexibility index (Phi) is 8.45. The van der Waals surface area contributed by atoms with Crippen LogP contribution in [0.5, 0.6) is 0 Å². The summed E-state index contributed by atoms with van der Waals surface area (Å²) >= 11 is 0. The molecule has 3 unspecified atom stereocenters.